The highest BCUT2D eigenvalue weighted by atomic mass is 16.1. The minimum atomic E-state index is -0.0356. The summed E-state index contributed by atoms with van der Waals surface area (Å²) in [4.78, 5) is 11.0. The highest BCUT2D eigenvalue weighted by Gasteiger charge is 1.98. The lowest BCUT2D eigenvalue weighted by Crippen LogP contribution is -2.83. The summed E-state index contributed by atoms with van der Waals surface area (Å²) in [6.45, 7) is 10.3. The van der Waals surface area contributed by atoms with Gasteiger partial charge in [0.2, 0.25) is 5.91 Å². The molecule has 3 heteroatoms. The van der Waals surface area contributed by atoms with Crippen LogP contribution < -0.4 is 10.6 Å². The molecule has 0 rings (SSSR count). The number of carbonyl (C=O) groups excluding carboxylic acids is 1. The summed E-state index contributed by atoms with van der Waals surface area (Å²) in [7, 11) is 0. The summed E-state index contributed by atoms with van der Waals surface area (Å²) < 4.78 is 0. The van der Waals surface area contributed by atoms with Crippen molar-refractivity contribution in [3.05, 3.63) is 12.2 Å². The van der Waals surface area contributed by atoms with E-state index in [1.165, 1.54) is 0 Å². The number of rotatable bonds is 6. The van der Waals surface area contributed by atoms with Crippen molar-refractivity contribution in [1.82, 2.24) is 5.32 Å². The van der Waals surface area contributed by atoms with E-state index < -0.39 is 0 Å². The van der Waals surface area contributed by atoms with E-state index in [2.05, 4.69) is 24.1 Å². The quantitative estimate of drug-likeness (QED) is 0.416. The maximum atomic E-state index is 11.0. The summed E-state index contributed by atoms with van der Waals surface area (Å²) in [5.74, 6) is -0.0356. The monoisotopic (exact) mass is 171 g/mol. The van der Waals surface area contributed by atoms with E-state index in [1.54, 1.807) is 6.92 Å². The second kappa shape index (κ2) is 6.85. The van der Waals surface area contributed by atoms with Gasteiger partial charge in [-0.15, -0.1) is 0 Å². The Balaban J connectivity index is 3.20. The molecule has 3 nitrogen and oxygen atoms in total. The third-order valence-corrected chi connectivity index (χ3v) is 1.55. The standard InChI is InChI=1S/C9H18N2O/c1-4-10-6-5-7-11-9(12)8(2)3/h10H,2,4-7H2,1,3H3,(H,11,12)/p+1. The Hall–Kier alpha value is -0.830. The van der Waals surface area contributed by atoms with E-state index >= 15 is 0 Å². The van der Waals surface area contributed by atoms with Crippen molar-refractivity contribution in [1.29, 1.82) is 0 Å². The summed E-state index contributed by atoms with van der Waals surface area (Å²) in [6.07, 6.45) is 1.02. The maximum absolute atomic E-state index is 11.0. The van der Waals surface area contributed by atoms with Gasteiger partial charge in [0.15, 0.2) is 0 Å². The molecule has 3 N–H and O–H groups in total. The lowest BCUT2D eigenvalue weighted by molar-refractivity contribution is -0.651. The molecule has 0 bridgehead atoms. The van der Waals surface area contributed by atoms with E-state index in [9.17, 15) is 4.79 Å². The number of hydrogen-bond acceptors (Lipinski definition) is 1. The Morgan fingerprint density at radius 1 is 1.58 bits per heavy atom. The largest absolute Gasteiger partial charge is 0.352 e. The highest BCUT2D eigenvalue weighted by Crippen LogP contribution is 1.84. The molecule has 0 aromatic rings. The van der Waals surface area contributed by atoms with E-state index in [0.29, 0.717) is 5.57 Å². The molecule has 0 aromatic carbocycles. The minimum Gasteiger partial charge on any atom is -0.352 e. The van der Waals surface area contributed by atoms with Crippen LogP contribution in [0.1, 0.15) is 20.3 Å². The normalized spacial score (nSPS) is 9.50. The lowest BCUT2D eigenvalue weighted by Gasteiger charge is -2.02. The van der Waals surface area contributed by atoms with Gasteiger partial charge in [-0.3, -0.25) is 4.79 Å². The molecule has 0 unspecified atom stereocenters. The van der Waals surface area contributed by atoms with Crippen molar-refractivity contribution < 1.29 is 10.1 Å². The molecule has 0 heterocycles. The molecule has 0 aliphatic rings. The molecule has 0 radical (unpaired) electrons. The van der Waals surface area contributed by atoms with Crippen molar-refractivity contribution in [3.63, 3.8) is 0 Å². The number of nitrogens with two attached hydrogens (primary N) is 1. The average molecular weight is 171 g/mol. The second-order valence-electron chi connectivity index (χ2n) is 2.88. The summed E-state index contributed by atoms with van der Waals surface area (Å²) in [5.41, 5.74) is 0.578. The fraction of sp³-hybridized carbons (Fsp3) is 0.667. The molecule has 0 fully saturated rings. The Labute approximate surface area is 74.2 Å². The molecule has 1 amide bonds. The van der Waals surface area contributed by atoms with Crippen molar-refractivity contribution in [2.75, 3.05) is 19.6 Å². The summed E-state index contributed by atoms with van der Waals surface area (Å²) in [5, 5.41) is 5.00. The van der Waals surface area contributed by atoms with Gasteiger partial charge in [0.25, 0.3) is 0 Å². The lowest BCUT2D eigenvalue weighted by atomic mass is 10.3. The average Bonchev–Trinajstić information content (AvgIpc) is 2.03. The fourth-order valence-corrected chi connectivity index (χ4v) is 0.803. The zero-order valence-electron chi connectivity index (χ0n) is 8.02. The van der Waals surface area contributed by atoms with Gasteiger partial charge in [0.05, 0.1) is 13.1 Å². The molecule has 0 atom stereocenters. The molecular weight excluding hydrogens is 152 g/mol. The van der Waals surface area contributed by atoms with Crippen LogP contribution in [0, 0.1) is 0 Å². The number of amides is 1. The summed E-state index contributed by atoms with van der Waals surface area (Å²) in [6, 6.07) is 0. The summed E-state index contributed by atoms with van der Waals surface area (Å²) >= 11 is 0. The Kier molecular flexibility index (Phi) is 6.38. The number of hydrogen-bond donors (Lipinski definition) is 2. The van der Waals surface area contributed by atoms with Crippen LogP contribution in [0.2, 0.25) is 0 Å². The van der Waals surface area contributed by atoms with Crippen LogP contribution in [0.3, 0.4) is 0 Å². The van der Waals surface area contributed by atoms with E-state index in [0.717, 1.165) is 26.1 Å². The molecule has 0 aliphatic carbocycles. The van der Waals surface area contributed by atoms with E-state index in [4.69, 9.17) is 0 Å². The molecule has 0 saturated carbocycles. The molecule has 70 valence electrons. The molecule has 12 heavy (non-hydrogen) atoms. The molecule has 0 aliphatic heterocycles. The SMILES string of the molecule is C=C(C)C(=O)NCCC[NH2+]CC. The number of carbonyl (C=O) groups is 1. The third kappa shape index (κ3) is 5.92. The Morgan fingerprint density at radius 3 is 2.75 bits per heavy atom. The van der Waals surface area contributed by atoms with Gasteiger partial charge in [-0.25, -0.2) is 0 Å². The van der Waals surface area contributed by atoms with Gasteiger partial charge in [0.1, 0.15) is 0 Å². The van der Waals surface area contributed by atoms with E-state index in [-0.39, 0.29) is 5.91 Å². The first-order valence-corrected chi connectivity index (χ1v) is 4.43. The Morgan fingerprint density at radius 2 is 2.25 bits per heavy atom. The molecule has 0 spiro atoms. The third-order valence-electron chi connectivity index (χ3n) is 1.55. The first-order chi connectivity index (χ1) is 5.68. The number of nitrogens with one attached hydrogen (secondary N) is 1. The zero-order chi connectivity index (χ0) is 9.40. The van der Waals surface area contributed by atoms with Crippen LogP contribution in [0.4, 0.5) is 0 Å². The fourth-order valence-electron chi connectivity index (χ4n) is 0.803. The van der Waals surface area contributed by atoms with Crippen LogP contribution in [0.5, 0.6) is 0 Å². The Bertz CT molecular complexity index is 155. The first kappa shape index (κ1) is 11.2. The van der Waals surface area contributed by atoms with Crippen molar-refractivity contribution in [3.8, 4) is 0 Å². The first-order valence-electron chi connectivity index (χ1n) is 4.43. The van der Waals surface area contributed by atoms with Gasteiger partial charge in [-0.05, 0) is 13.8 Å². The van der Waals surface area contributed by atoms with Crippen molar-refractivity contribution >= 4 is 5.91 Å². The minimum absolute atomic E-state index is 0.0356. The van der Waals surface area contributed by atoms with Gasteiger partial charge in [-0.1, -0.05) is 6.58 Å². The van der Waals surface area contributed by atoms with E-state index in [1.807, 2.05) is 0 Å². The topological polar surface area (TPSA) is 45.7 Å². The van der Waals surface area contributed by atoms with Crippen molar-refractivity contribution in [2.24, 2.45) is 0 Å². The maximum Gasteiger partial charge on any atom is 0.246 e. The van der Waals surface area contributed by atoms with Crippen LogP contribution in [-0.4, -0.2) is 25.5 Å². The van der Waals surface area contributed by atoms with Crippen molar-refractivity contribution in [2.45, 2.75) is 20.3 Å². The zero-order valence-corrected chi connectivity index (χ0v) is 8.02. The second-order valence-corrected chi connectivity index (χ2v) is 2.88. The van der Waals surface area contributed by atoms with Gasteiger partial charge in [0, 0.05) is 18.5 Å². The molecule has 0 aromatic heterocycles. The van der Waals surface area contributed by atoms with Crippen LogP contribution in [0.15, 0.2) is 12.2 Å². The van der Waals surface area contributed by atoms with Crippen LogP contribution in [-0.2, 0) is 4.79 Å². The van der Waals surface area contributed by atoms with Crippen LogP contribution in [0.25, 0.3) is 0 Å². The van der Waals surface area contributed by atoms with Gasteiger partial charge in [-0.2, -0.15) is 0 Å². The van der Waals surface area contributed by atoms with Crippen LogP contribution >= 0.6 is 0 Å². The van der Waals surface area contributed by atoms with Gasteiger partial charge < -0.3 is 10.6 Å². The highest BCUT2D eigenvalue weighted by molar-refractivity contribution is 5.91. The molecule has 0 saturated heterocycles. The van der Waals surface area contributed by atoms with Gasteiger partial charge >= 0.3 is 0 Å². The smallest absolute Gasteiger partial charge is 0.246 e. The predicted octanol–water partition coefficient (Wildman–Crippen LogP) is -0.348. The molecular formula is C9H19N2O+. The predicted molar refractivity (Wildman–Crippen MR) is 49.8 cm³/mol. The number of quaternary nitrogens is 1.